The van der Waals surface area contributed by atoms with Crippen LogP contribution >= 0.6 is 0 Å². The van der Waals surface area contributed by atoms with Gasteiger partial charge >= 0.3 is 0 Å². The molecule has 21 heavy (non-hydrogen) atoms. The van der Waals surface area contributed by atoms with Crippen LogP contribution in [0.25, 0.3) is 11.1 Å². The van der Waals surface area contributed by atoms with Crippen molar-refractivity contribution in [2.75, 3.05) is 13.2 Å². The number of ether oxygens (including phenoxy) is 2. The van der Waals surface area contributed by atoms with E-state index < -0.39 is 0 Å². The van der Waals surface area contributed by atoms with E-state index in [4.69, 9.17) is 20.5 Å². The Morgan fingerprint density at radius 2 is 2.10 bits per heavy atom. The molecular formula is C16H15N3O2. The van der Waals surface area contributed by atoms with E-state index in [1.54, 1.807) is 18.3 Å². The number of nitriles is 1. The second-order valence-corrected chi connectivity index (χ2v) is 4.90. The number of aromatic nitrogens is 1. The van der Waals surface area contributed by atoms with Gasteiger partial charge in [0.15, 0.2) is 0 Å². The van der Waals surface area contributed by atoms with Crippen LogP contribution in [0.15, 0.2) is 42.6 Å². The zero-order valence-corrected chi connectivity index (χ0v) is 11.4. The Bertz CT molecular complexity index is 664. The second-order valence-electron chi connectivity index (χ2n) is 4.90. The number of pyridine rings is 1. The van der Waals surface area contributed by atoms with Crippen LogP contribution < -0.4 is 10.5 Å². The maximum absolute atomic E-state index is 9.13. The lowest BCUT2D eigenvalue weighted by molar-refractivity contribution is 0.137. The monoisotopic (exact) mass is 281 g/mol. The molecule has 1 saturated heterocycles. The molecular weight excluding hydrogens is 266 g/mol. The van der Waals surface area contributed by atoms with Gasteiger partial charge in [-0.05, 0) is 12.1 Å². The number of nitrogens with two attached hydrogens (primary N) is 1. The minimum absolute atomic E-state index is 0.120. The Balaban J connectivity index is 1.79. The quantitative estimate of drug-likeness (QED) is 0.926. The predicted octanol–water partition coefficient (Wildman–Crippen LogP) is 1.73. The lowest BCUT2D eigenvalue weighted by Crippen LogP contribution is -2.37. The van der Waals surface area contributed by atoms with Gasteiger partial charge in [0.05, 0.1) is 30.9 Å². The summed E-state index contributed by atoms with van der Waals surface area (Å²) in [5.41, 5.74) is 8.24. The third-order valence-electron chi connectivity index (χ3n) is 3.44. The van der Waals surface area contributed by atoms with Crippen molar-refractivity contribution in [1.29, 1.82) is 5.26 Å². The van der Waals surface area contributed by atoms with Gasteiger partial charge in [0.1, 0.15) is 6.10 Å². The van der Waals surface area contributed by atoms with Crippen molar-refractivity contribution < 1.29 is 9.47 Å². The van der Waals surface area contributed by atoms with Crippen LogP contribution in [0.4, 0.5) is 0 Å². The first-order chi connectivity index (χ1) is 10.3. The van der Waals surface area contributed by atoms with E-state index in [0.29, 0.717) is 24.7 Å². The van der Waals surface area contributed by atoms with Crippen LogP contribution in [0.5, 0.6) is 5.88 Å². The maximum atomic E-state index is 9.13. The zero-order valence-electron chi connectivity index (χ0n) is 11.4. The molecule has 0 amide bonds. The topological polar surface area (TPSA) is 81.2 Å². The molecule has 1 aliphatic heterocycles. The molecule has 2 N–H and O–H groups in total. The van der Waals surface area contributed by atoms with Gasteiger partial charge in [-0.2, -0.15) is 5.26 Å². The lowest BCUT2D eigenvalue weighted by Gasteiger charge is -2.15. The van der Waals surface area contributed by atoms with Crippen molar-refractivity contribution >= 4 is 0 Å². The van der Waals surface area contributed by atoms with E-state index in [9.17, 15) is 0 Å². The van der Waals surface area contributed by atoms with Gasteiger partial charge in [0.2, 0.25) is 5.88 Å². The Kier molecular flexibility index (Phi) is 3.82. The fourth-order valence-electron chi connectivity index (χ4n) is 2.27. The van der Waals surface area contributed by atoms with Crippen molar-refractivity contribution in [3.05, 3.63) is 48.2 Å². The van der Waals surface area contributed by atoms with E-state index in [1.807, 2.05) is 24.3 Å². The summed E-state index contributed by atoms with van der Waals surface area (Å²) in [7, 11) is 0. The van der Waals surface area contributed by atoms with Gasteiger partial charge in [0, 0.05) is 23.4 Å². The molecule has 0 saturated carbocycles. The van der Waals surface area contributed by atoms with E-state index >= 15 is 0 Å². The summed E-state index contributed by atoms with van der Waals surface area (Å²) in [6.07, 6.45) is 1.54. The average Bonchev–Trinajstić information content (AvgIpc) is 2.93. The van der Waals surface area contributed by atoms with Crippen LogP contribution in [-0.4, -0.2) is 30.3 Å². The van der Waals surface area contributed by atoms with E-state index in [2.05, 4.69) is 11.1 Å². The Labute approximate surface area is 122 Å². The van der Waals surface area contributed by atoms with E-state index in [1.165, 1.54) is 0 Å². The van der Waals surface area contributed by atoms with Crippen molar-refractivity contribution in [2.24, 2.45) is 5.73 Å². The molecule has 1 aromatic carbocycles. The first-order valence-electron chi connectivity index (χ1n) is 6.73. The van der Waals surface area contributed by atoms with Crippen LogP contribution in [0, 0.1) is 11.3 Å². The zero-order chi connectivity index (χ0) is 14.7. The normalized spacial score (nSPS) is 21.0. The highest BCUT2D eigenvalue weighted by Gasteiger charge is 2.26. The molecule has 0 radical (unpaired) electrons. The van der Waals surface area contributed by atoms with Crippen molar-refractivity contribution in [2.45, 2.75) is 12.1 Å². The molecule has 0 unspecified atom stereocenters. The predicted molar refractivity (Wildman–Crippen MR) is 77.6 cm³/mol. The van der Waals surface area contributed by atoms with Crippen LogP contribution in [0.2, 0.25) is 0 Å². The second kappa shape index (κ2) is 5.92. The summed E-state index contributed by atoms with van der Waals surface area (Å²) >= 11 is 0. The SMILES string of the molecule is N#Cc1ccccc1-c1ccc(O[C@@H]2COC[C@@H]2N)nc1. The first-order valence-corrected chi connectivity index (χ1v) is 6.73. The molecule has 1 aromatic heterocycles. The highest BCUT2D eigenvalue weighted by molar-refractivity contribution is 5.69. The Hall–Kier alpha value is -2.42. The van der Waals surface area contributed by atoms with Gasteiger partial charge in [-0.1, -0.05) is 18.2 Å². The average molecular weight is 281 g/mol. The first kappa shape index (κ1) is 13.6. The highest BCUT2D eigenvalue weighted by Crippen LogP contribution is 2.24. The summed E-state index contributed by atoms with van der Waals surface area (Å²) in [5.74, 6) is 0.513. The molecule has 106 valence electrons. The fraction of sp³-hybridized carbons (Fsp3) is 0.250. The van der Waals surface area contributed by atoms with E-state index in [0.717, 1.165) is 11.1 Å². The summed E-state index contributed by atoms with van der Waals surface area (Å²) in [6.45, 7) is 1.00. The lowest BCUT2D eigenvalue weighted by atomic mass is 10.0. The van der Waals surface area contributed by atoms with Crippen LogP contribution in [0.3, 0.4) is 0 Å². The van der Waals surface area contributed by atoms with E-state index in [-0.39, 0.29) is 12.1 Å². The fourth-order valence-corrected chi connectivity index (χ4v) is 2.27. The van der Waals surface area contributed by atoms with Gasteiger partial charge < -0.3 is 15.2 Å². The minimum Gasteiger partial charge on any atom is -0.470 e. The molecule has 2 heterocycles. The number of rotatable bonds is 3. The summed E-state index contributed by atoms with van der Waals surface area (Å²) in [4.78, 5) is 4.29. The molecule has 0 bridgehead atoms. The number of benzene rings is 1. The standard InChI is InChI=1S/C16H15N3O2/c17-7-11-3-1-2-4-13(11)12-5-6-16(19-8-12)21-15-10-20-9-14(15)18/h1-6,8,14-15H,9-10,18H2/t14-,15+/m0/s1. The molecule has 0 spiro atoms. The molecule has 1 fully saturated rings. The molecule has 5 heteroatoms. The molecule has 1 aliphatic rings. The molecule has 2 aromatic rings. The largest absolute Gasteiger partial charge is 0.470 e. The third-order valence-corrected chi connectivity index (χ3v) is 3.44. The third kappa shape index (κ3) is 2.87. The Morgan fingerprint density at radius 1 is 1.24 bits per heavy atom. The highest BCUT2D eigenvalue weighted by atomic mass is 16.6. The summed E-state index contributed by atoms with van der Waals surface area (Å²) in [6, 6.07) is 13.2. The smallest absolute Gasteiger partial charge is 0.213 e. The molecule has 5 nitrogen and oxygen atoms in total. The van der Waals surface area contributed by atoms with Crippen molar-refractivity contribution in [3.8, 4) is 23.1 Å². The van der Waals surface area contributed by atoms with Crippen LogP contribution in [-0.2, 0) is 4.74 Å². The summed E-state index contributed by atoms with van der Waals surface area (Å²) in [5, 5.41) is 9.13. The number of hydrogen-bond donors (Lipinski definition) is 1. The van der Waals surface area contributed by atoms with Gasteiger partial charge in [0.25, 0.3) is 0 Å². The van der Waals surface area contributed by atoms with Crippen molar-refractivity contribution in [1.82, 2.24) is 4.98 Å². The molecule has 2 atom stereocenters. The maximum Gasteiger partial charge on any atom is 0.213 e. The minimum atomic E-state index is -0.158. The number of nitrogens with zero attached hydrogens (tertiary/aromatic N) is 2. The van der Waals surface area contributed by atoms with Crippen molar-refractivity contribution in [3.63, 3.8) is 0 Å². The summed E-state index contributed by atoms with van der Waals surface area (Å²) < 4.78 is 11.0. The van der Waals surface area contributed by atoms with Gasteiger partial charge in [-0.15, -0.1) is 0 Å². The molecule has 3 rings (SSSR count). The van der Waals surface area contributed by atoms with Crippen LogP contribution in [0.1, 0.15) is 5.56 Å². The molecule has 0 aliphatic carbocycles. The number of hydrogen-bond acceptors (Lipinski definition) is 5. The van der Waals surface area contributed by atoms with Gasteiger partial charge in [-0.25, -0.2) is 4.98 Å². The Morgan fingerprint density at radius 3 is 2.76 bits per heavy atom. The van der Waals surface area contributed by atoms with Gasteiger partial charge in [-0.3, -0.25) is 0 Å².